The number of amides is 3. The van der Waals surface area contributed by atoms with E-state index in [9.17, 15) is 14.4 Å². The molecule has 0 radical (unpaired) electrons. The number of halogens is 1. The second kappa shape index (κ2) is 13.2. The highest BCUT2D eigenvalue weighted by atomic mass is 35.5. The number of hydrogen-bond donors (Lipinski definition) is 3. The van der Waals surface area contributed by atoms with Crippen molar-refractivity contribution in [2.45, 2.75) is 4.90 Å². The lowest BCUT2D eigenvalue weighted by atomic mass is 10.2. The van der Waals surface area contributed by atoms with E-state index in [1.54, 1.807) is 103 Å². The maximum atomic E-state index is 13.1. The Balaban J connectivity index is 1.39. The van der Waals surface area contributed by atoms with Gasteiger partial charge in [-0.25, -0.2) is 0 Å². The summed E-state index contributed by atoms with van der Waals surface area (Å²) in [7, 11) is 0. The zero-order chi connectivity index (χ0) is 26.7. The molecule has 0 atom stereocenters. The second-order valence-corrected chi connectivity index (χ2v) is 9.42. The number of carbonyl (C=O) groups excluding carboxylic acids is 3. The van der Waals surface area contributed by atoms with Gasteiger partial charge in [-0.2, -0.15) is 0 Å². The number of rotatable bonds is 9. The summed E-state index contributed by atoms with van der Waals surface area (Å²) >= 11 is 7.44. The van der Waals surface area contributed by atoms with E-state index in [1.807, 2.05) is 6.07 Å². The van der Waals surface area contributed by atoms with Crippen LogP contribution < -0.4 is 16.0 Å². The molecule has 0 aliphatic heterocycles. The minimum absolute atomic E-state index is 0.0709. The topological polar surface area (TPSA) is 100 Å². The van der Waals surface area contributed by atoms with Crippen molar-refractivity contribution in [2.24, 2.45) is 0 Å². The normalized spacial score (nSPS) is 10.9. The first kappa shape index (κ1) is 26.7. The van der Waals surface area contributed by atoms with Crippen LogP contribution in [0.25, 0.3) is 6.08 Å². The zero-order valence-electron chi connectivity index (χ0n) is 20.1. The monoisotopic (exact) mass is 542 g/mol. The molecule has 0 saturated carbocycles. The molecule has 0 fully saturated rings. The molecule has 0 unspecified atom stereocenters. The van der Waals surface area contributed by atoms with Crippen molar-refractivity contribution < 1.29 is 14.4 Å². The summed E-state index contributed by atoms with van der Waals surface area (Å²) in [6.45, 7) is 0. The van der Waals surface area contributed by atoms with Gasteiger partial charge >= 0.3 is 0 Å². The van der Waals surface area contributed by atoms with Gasteiger partial charge in [0.1, 0.15) is 5.70 Å². The third-order valence-corrected chi connectivity index (χ3v) is 6.50. The summed E-state index contributed by atoms with van der Waals surface area (Å²) in [6, 6.07) is 26.3. The van der Waals surface area contributed by atoms with Gasteiger partial charge < -0.3 is 16.0 Å². The number of benzene rings is 3. The molecule has 9 heteroatoms. The number of carbonyl (C=O) groups is 3. The van der Waals surface area contributed by atoms with E-state index in [2.05, 4.69) is 20.9 Å². The van der Waals surface area contributed by atoms with Crippen LogP contribution in [0.15, 0.2) is 114 Å². The quantitative estimate of drug-likeness (QED) is 0.181. The summed E-state index contributed by atoms with van der Waals surface area (Å²) in [5, 5.41) is 8.76. The average Bonchev–Trinajstić information content (AvgIpc) is 2.94. The van der Waals surface area contributed by atoms with Gasteiger partial charge in [-0.15, -0.1) is 11.8 Å². The molecule has 3 N–H and O–H groups in total. The first-order chi connectivity index (χ1) is 18.5. The molecule has 7 nitrogen and oxygen atoms in total. The third-order valence-electron chi connectivity index (χ3n) is 5.15. The molecule has 0 aliphatic carbocycles. The van der Waals surface area contributed by atoms with Gasteiger partial charge in [0.05, 0.1) is 16.5 Å². The van der Waals surface area contributed by atoms with Crippen LogP contribution in [0, 0.1) is 0 Å². The Labute approximate surface area is 229 Å². The fourth-order valence-electron chi connectivity index (χ4n) is 3.30. The van der Waals surface area contributed by atoms with Crippen LogP contribution in [-0.2, 0) is 9.59 Å². The van der Waals surface area contributed by atoms with Crippen LogP contribution in [-0.4, -0.2) is 28.5 Å². The molecular weight excluding hydrogens is 520 g/mol. The predicted octanol–water partition coefficient (Wildman–Crippen LogP) is 5.88. The number of nitrogens with zero attached hydrogens (tertiary/aromatic N) is 1. The average molecular weight is 543 g/mol. The first-order valence-corrected chi connectivity index (χ1v) is 12.9. The highest BCUT2D eigenvalue weighted by Gasteiger charge is 2.15. The number of thioether (sulfide) groups is 1. The minimum atomic E-state index is -0.488. The maximum absolute atomic E-state index is 13.1. The first-order valence-electron chi connectivity index (χ1n) is 11.5. The highest BCUT2D eigenvalue weighted by Crippen LogP contribution is 2.23. The molecule has 1 heterocycles. The number of anilines is 2. The van der Waals surface area contributed by atoms with E-state index < -0.39 is 11.8 Å². The molecule has 38 heavy (non-hydrogen) atoms. The predicted molar refractivity (Wildman–Crippen MR) is 152 cm³/mol. The van der Waals surface area contributed by atoms with Gasteiger partial charge in [0.2, 0.25) is 5.91 Å². The third kappa shape index (κ3) is 7.80. The van der Waals surface area contributed by atoms with Gasteiger partial charge in [0.15, 0.2) is 0 Å². The minimum Gasteiger partial charge on any atom is -0.324 e. The molecule has 3 amide bonds. The lowest BCUT2D eigenvalue weighted by Crippen LogP contribution is -2.30. The van der Waals surface area contributed by atoms with Gasteiger partial charge in [-0.05, 0) is 66.2 Å². The molecule has 0 spiro atoms. The Morgan fingerprint density at radius 2 is 1.58 bits per heavy atom. The second-order valence-electron chi connectivity index (χ2n) is 7.96. The van der Waals surface area contributed by atoms with Crippen molar-refractivity contribution in [1.82, 2.24) is 10.3 Å². The SMILES string of the molecule is O=C(CSc1ccc(NC(=O)/C(=C/c2cccnc2)NC(=O)c2ccccc2)cc1)Nc1ccccc1Cl. The standard InChI is InChI=1S/C29H23ClN4O3S/c30-24-10-4-5-11-25(24)33-27(35)19-38-23-14-12-22(13-15-23)32-29(37)26(17-20-7-6-16-31-18-20)34-28(36)21-8-2-1-3-9-21/h1-18H,19H2,(H,32,37)(H,33,35)(H,34,36)/b26-17-. The Morgan fingerprint density at radius 1 is 0.842 bits per heavy atom. The maximum Gasteiger partial charge on any atom is 0.272 e. The number of hydrogen-bond acceptors (Lipinski definition) is 5. The van der Waals surface area contributed by atoms with Crippen molar-refractivity contribution >= 4 is 58.5 Å². The summed E-state index contributed by atoms with van der Waals surface area (Å²) < 4.78 is 0. The molecule has 0 saturated heterocycles. The van der Waals surface area contributed by atoms with Crippen LogP contribution in [0.2, 0.25) is 5.02 Å². The molecule has 4 aromatic rings. The summed E-state index contributed by atoms with van der Waals surface area (Å²) in [6.07, 6.45) is 4.78. The Morgan fingerprint density at radius 3 is 2.29 bits per heavy atom. The van der Waals surface area contributed by atoms with E-state index in [1.165, 1.54) is 11.8 Å². The smallest absolute Gasteiger partial charge is 0.272 e. The van der Waals surface area contributed by atoms with Crippen molar-refractivity contribution in [3.63, 3.8) is 0 Å². The molecular formula is C29H23ClN4O3S. The molecule has 0 bridgehead atoms. The van der Waals surface area contributed by atoms with Gasteiger partial charge in [0, 0.05) is 28.5 Å². The van der Waals surface area contributed by atoms with E-state index in [4.69, 9.17) is 11.6 Å². The molecule has 0 aliphatic rings. The van der Waals surface area contributed by atoms with Crippen molar-refractivity contribution in [3.05, 3.63) is 125 Å². The van der Waals surface area contributed by atoms with E-state index >= 15 is 0 Å². The van der Waals surface area contributed by atoms with Crippen LogP contribution in [0.3, 0.4) is 0 Å². The summed E-state index contributed by atoms with van der Waals surface area (Å²) in [5.41, 5.74) is 2.25. The van der Waals surface area contributed by atoms with Gasteiger partial charge in [0.25, 0.3) is 11.8 Å². The summed E-state index contributed by atoms with van der Waals surface area (Å²) in [4.78, 5) is 43.0. The summed E-state index contributed by atoms with van der Waals surface area (Å²) in [5.74, 6) is -0.879. The number of aromatic nitrogens is 1. The van der Waals surface area contributed by atoms with Crippen LogP contribution in [0.4, 0.5) is 11.4 Å². The fourth-order valence-corrected chi connectivity index (χ4v) is 4.18. The van der Waals surface area contributed by atoms with Crippen molar-refractivity contribution in [1.29, 1.82) is 0 Å². The molecule has 3 aromatic carbocycles. The molecule has 1 aromatic heterocycles. The highest BCUT2D eigenvalue weighted by molar-refractivity contribution is 8.00. The van der Waals surface area contributed by atoms with Crippen LogP contribution in [0.1, 0.15) is 15.9 Å². The zero-order valence-corrected chi connectivity index (χ0v) is 21.6. The van der Waals surface area contributed by atoms with Crippen LogP contribution in [0.5, 0.6) is 0 Å². The van der Waals surface area contributed by atoms with E-state index in [0.717, 1.165) is 4.90 Å². The van der Waals surface area contributed by atoms with E-state index in [0.29, 0.717) is 27.5 Å². The van der Waals surface area contributed by atoms with Gasteiger partial charge in [-0.1, -0.05) is 48.0 Å². The number of nitrogens with one attached hydrogen (secondary N) is 3. The lowest BCUT2D eigenvalue weighted by molar-refractivity contribution is -0.114. The van der Waals surface area contributed by atoms with Crippen molar-refractivity contribution in [3.8, 4) is 0 Å². The van der Waals surface area contributed by atoms with Crippen molar-refractivity contribution in [2.75, 3.05) is 16.4 Å². The van der Waals surface area contributed by atoms with E-state index in [-0.39, 0.29) is 17.4 Å². The number of pyridine rings is 1. The number of para-hydroxylation sites is 1. The van der Waals surface area contributed by atoms with Crippen LogP contribution >= 0.6 is 23.4 Å². The molecule has 4 rings (SSSR count). The Kier molecular flexibility index (Phi) is 9.28. The Hall–Kier alpha value is -4.40. The molecule has 190 valence electrons. The van der Waals surface area contributed by atoms with Gasteiger partial charge in [-0.3, -0.25) is 19.4 Å². The fraction of sp³-hybridized carbons (Fsp3) is 0.0345. The lowest BCUT2D eigenvalue weighted by Gasteiger charge is -2.12. The largest absolute Gasteiger partial charge is 0.324 e. The Bertz CT molecular complexity index is 1450.